The van der Waals surface area contributed by atoms with Crippen molar-refractivity contribution in [1.82, 2.24) is 9.97 Å². The number of H-pyrrole nitrogens is 1. The molecule has 1 aromatic rings. The van der Waals surface area contributed by atoms with E-state index in [9.17, 15) is 4.79 Å². The van der Waals surface area contributed by atoms with Gasteiger partial charge in [-0.05, 0) is 12.8 Å². The number of rotatable bonds is 3. The highest BCUT2D eigenvalue weighted by Gasteiger charge is 2.28. The van der Waals surface area contributed by atoms with Crippen LogP contribution >= 0.6 is 0 Å². The molecule has 0 fully saturated rings. The number of aromatic nitrogens is 2. The summed E-state index contributed by atoms with van der Waals surface area (Å²) in [6, 6.07) is 1.55. The average molecular weight is 237 g/mol. The van der Waals surface area contributed by atoms with Crippen LogP contribution in [0.1, 0.15) is 59.0 Å². The van der Waals surface area contributed by atoms with E-state index in [2.05, 4.69) is 9.97 Å². The quantitative estimate of drug-likeness (QED) is 0.845. The zero-order valence-electron chi connectivity index (χ0n) is 11.4. The van der Waals surface area contributed by atoms with Gasteiger partial charge < -0.3 is 10.7 Å². The number of nitrogens with two attached hydrogens (primary N) is 1. The van der Waals surface area contributed by atoms with Crippen LogP contribution in [0.25, 0.3) is 0 Å². The summed E-state index contributed by atoms with van der Waals surface area (Å²) in [6.45, 7) is 10.1. The lowest BCUT2D eigenvalue weighted by molar-refractivity contribution is 0.381. The van der Waals surface area contributed by atoms with Crippen molar-refractivity contribution in [3.8, 4) is 0 Å². The number of nitrogens with zero attached hydrogens (tertiary/aromatic N) is 1. The van der Waals surface area contributed by atoms with E-state index >= 15 is 0 Å². The summed E-state index contributed by atoms with van der Waals surface area (Å²) in [5.74, 6) is 0.597. The maximum atomic E-state index is 11.7. The Labute approximate surface area is 103 Å². The van der Waals surface area contributed by atoms with Crippen LogP contribution in [-0.2, 0) is 11.0 Å². The van der Waals surface area contributed by atoms with Crippen molar-refractivity contribution >= 4 is 0 Å². The lowest BCUT2D eigenvalue weighted by Gasteiger charge is -2.27. The van der Waals surface area contributed by atoms with Crippen LogP contribution in [0.4, 0.5) is 0 Å². The minimum atomic E-state index is -0.541. The Hall–Kier alpha value is -1.16. The minimum absolute atomic E-state index is 0.128. The molecule has 0 spiro atoms. The van der Waals surface area contributed by atoms with Crippen LogP contribution in [0.3, 0.4) is 0 Å². The van der Waals surface area contributed by atoms with Gasteiger partial charge in [0.1, 0.15) is 5.82 Å². The van der Waals surface area contributed by atoms with E-state index in [1.165, 1.54) is 0 Å². The maximum Gasteiger partial charge on any atom is 0.251 e. The first-order valence-corrected chi connectivity index (χ1v) is 6.14. The lowest BCUT2D eigenvalue weighted by Crippen LogP contribution is -2.39. The summed E-state index contributed by atoms with van der Waals surface area (Å²) in [7, 11) is 0. The Morgan fingerprint density at radius 1 is 1.29 bits per heavy atom. The summed E-state index contributed by atoms with van der Waals surface area (Å²) in [4.78, 5) is 19.0. The molecule has 0 aromatic carbocycles. The van der Waals surface area contributed by atoms with Gasteiger partial charge in [-0.3, -0.25) is 4.79 Å². The molecular weight excluding hydrogens is 214 g/mol. The fourth-order valence-electron chi connectivity index (χ4n) is 1.66. The first-order valence-electron chi connectivity index (χ1n) is 6.14. The number of hydrogen-bond acceptors (Lipinski definition) is 3. The number of aromatic amines is 1. The molecule has 0 saturated carbocycles. The molecule has 0 aliphatic heterocycles. The normalized spacial score (nSPS) is 12.8. The molecule has 0 radical (unpaired) electrons. The van der Waals surface area contributed by atoms with E-state index in [1.807, 2.05) is 34.6 Å². The number of hydrogen-bond donors (Lipinski definition) is 2. The van der Waals surface area contributed by atoms with E-state index in [1.54, 1.807) is 6.07 Å². The molecule has 1 aromatic heterocycles. The van der Waals surface area contributed by atoms with Gasteiger partial charge in [0.05, 0.1) is 11.2 Å². The fraction of sp³-hybridized carbons (Fsp3) is 0.692. The second kappa shape index (κ2) is 4.61. The first kappa shape index (κ1) is 13.9. The third-order valence-electron chi connectivity index (χ3n) is 3.24. The van der Waals surface area contributed by atoms with Crippen LogP contribution in [0.2, 0.25) is 0 Å². The van der Waals surface area contributed by atoms with Gasteiger partial charge in [-0.2, -0.15) is 0 Å². The highest BCUT2D eigenvalue weighted by Crippen LogP contribution is 2.24. The molecule has 0 amide bonds. The Bertz CT molecular complexity index is 439. The second-order valence-corrected chi connectivity index (χ2v) is 5.59. The van der Waals surface area contributed by atoms with Crippen molar-refractivity contribution in [1.29, 1.82) is 0 Å². The molecule has 0 saturated heterocycles. The van der Waals surface area contributed by atoms with Crippen molar-refractivity contribution < 1.29 is 0 Å². The highest BCUT2D eigenvalue weighted by molar-refractivity contribution is 5.16. The topological polar surface area (TPSA) is 71.8 Å². The van der Waals surface area contributed by atoms with Crippen LogP contribution in [0.5, 0.6) is 0 Å². The summed E-state index contributed by atoms with van der Waals surface area (Å²) in [5.41, 5.74) is 6.23. The van der Waals surface area contributed by atoms with Gasteiger partial charge in [0.15, 0.2) is 0 Å². The van der Waals surface area contributed by atoms with Crippen molar-refractivity contribution in [3.05, 3.63) is 27.9 Å². The minimum Gasteiger partial charge on any atom is -0.319 e. The average Bonchev–Trinajstić information content (AvgIpc) is 2.26. The molecule has 1 rings (SSSR count). The van der Waals surface area contributed by atoms with E-state index in [-0.39, 0.29) is 11.0 Å². The molecule has 96 valence electrons. The molecule has 0 aliphatic carbocycles. The third-order valence-corrected chi connectivity index (χ3v) is 3.24. The van der Waals surface area contributed by atoms with Crippen LogP contribution in [0, 0.1) is 0 Å². The molecule has 0 unspecified atom stereocenters. The highest BCUT2D eigenvalue weighted by atomic mass is 16.1. The molecule has 3 N–H and O–H groups in total. The second-order valence-electron chi connectivity index (χ2n) is 5.59. The van der Waals surface area contributed by atoms with E-state index in [0.717, 1.165) is 18.5 Å². The molecule has 4 heteroatoms. The zero-order chi connectivity index (χ0) is 13.3. The van der Waals surface area contributed by atoms with Crippen LogP contribution in [-0.4, -0.2) is 9.97 Å². The lowest BCUT2D eigenvalue weighted by atomic mass is 9.90. The van der Waals surface area contributed by atoms with Gasteiger partial charge in [-0.15, -0.1) is 0 Å². The molecule has 1 heterocycles. The van der Waals surface area contributed by atoms with Crippen molar-refractivity contribution in [3.63, 3.8) is 0 Å². The van der Waals surface area contributed by atoms with Gasteiger partial charge in [-0.1, -0.05) is 34.6 Å². The van der Waals surface area contributed by atoms with Crippen molar-refractivity contribution in [2.24, 2.45) is 5.73 Å². The molecular formula is C13H23N3O. The molecule has 17 heavy (non-hydrogen) atoms. The zero-order valence-corrected chi connectivity index (χ0v) is 11.4. The first-order chi connectivity index (χ1) is 7.73. The van der Waals surface area contributed by atoms with E-state index in [0.29, 0.717) is 5.82 Å². The predicted octanol–water partition coefficient (Wildman–Crippen LogP) is 2.04. The van der Waals surface area contributed by atoms with Gasteiger partial charge >= 0.3 is 0 Å². The standard InChI is InChI=1S/C13H23N3O/c1-6-13(14,7-2)11-15-9(12(3,4)5)8-10(17)16-11/h8H,6-7,14H2,1-5H3,(H,15,16,17). The summed E-state index contributed by atoms with van der Waals surface area (Å²) < 4.78 is 0. The summed E-state index contributed by atoms with van der Waals surface area (Å²) >= 11 is 0. The fourth-order valence-corrected chi connectivity index (χ4v) is 1.66. The number of nitrogens with one attached hydrogen (secondary N) is 1. The van der Waals surface area contributed by atoms with Gasteiger partial charge in [0.25, 0.3) is 5.56 Å². The Kier molecular flexibility index (Phi) is 3.77. The van der Waals surface area contributed by atoms with Gasteiger partial charge in [-0.25, -0.2) is 4.98 Å². The summed E-state index contributed by atoms with van der Waals surface area (Å²) in [6.07, 6.45) is 1.50. The summed E-state index contributed by atoms with van der Waals surface area (Å²) in [5, 5.41) is 0. The molecule has 0 bridgehead atoms. The SMILES string of the molecule is CCC(N)(CC)c1nc(C(C)(C)C)cc(=O)[nH]1. The Balaban J connectivity index is 3.37. The van der Waals surface area contributed by atoms with E-state index in [4.69, 9.17) is 5.73 Å². The van der Waals surface area contributed by atoms with E-state index < -0.39 is 5.54 Å². The van der Waals surface area contributed by atoms with Crippen LogP contribution < -0.4 is 11.3 Å². The van der Waals surface area contributed by atoms with Crippen molar-refractivity contribution in [2.45, 2.75) is 58.4 Å². The largest absolute Gasteiger partial charge is 0.319 e. The Morgan fingerprint density at radius 2 is 1.82 bits per heavy atom. The molecule has 0 atom stereocenters. The monoisotopic (exact) mass is 237 g/mol. The van der Waals surface area contributed by atoms with Gasteiger partial charge in [0.2, 0.25) is 0 Å². The predicted molar refractivity (Wildman–Crippen MR) is 70.0 cm³/mol. The third kappa shape index (κ3) is 2.94. The molecule has 4 nitrogen and oxygen atoms in total. The van der Waals surface area contributed by atoms with Crippen LogP contribution in [0.15, 0.2) is 10.9 Å². The van der Waals surface area contributed by atoms with Gasteiger partial charge in [0, 0.05) is 11.5 Å². The smallest absolute Gasteiger partial charge is 0.251 e. The van der Waals surface area contributed by atoms with Crippen molar-refractivity contribution in [2.75, 3.05) is 0 Å². The maximum absolute atomic E-state index is 11.7. The Morgan fingerprint density at radius 3 is 2.24 bits per heavy atom. The molecule has 0 aliphatic rings.